The molecule has 0 aromatic heterocycles. The maximum absolute atomic E-state index is 13.3. The third-order valence-electron chi connectivity index (χ3n) is 4.48. The molecule has 5 heteroatoms. The van der Waals surface area contributed by atoms with Gasteiger partial charge in [0, 0.05) is 4.47 Å². The van der Waals surface area contributed by atoms with E-state index in [1.54, 1.807) is 4.90 Å². The summed E-state index contributed by atoms with van der Waals surface area (Å²) >= 11 is 4.96. The number of halogens is 1. The van der Waals surface area contributed by atoms with Crippen molar-refractivity contribution in [2.24, 2.45) is 4.99 Å². The van der Waals surface area contributed by atoms with Crippen molar-refractivity contribution in [2.75, 3.05) is 4.90 Å². The number of hydrogen-bond donors (Lipinski definition) is 0. The minimum absolute atomic E-state index is 0.0669. The molecule has 1 amide bonds. The van der Waals surface area contributed by atoms with Gasteiger partial charge in [0.15, 0.2) is 5.17 Å². The Labute approximate surface area is 183 Å². The van der Waals surface area contributed by atoms with Crippen LogP contribution in [0.2, 0.25) is 0 Å². The minimum Gasteiger partial charge on any atom is -0.268 e. The molecule has 0 N–H and O–H groups in total. The van der Waals surface area contributed by atoms with Gasteiger partial charge in [-0.2, -0.15) is 0 Å². The Morgan fingerprint density at radius 1 is 0.931 bits per heavy atom. The number of benzene rings is 3. The largest absolute Gasteiger partial charge is 0.271 e. The Morgan fingerprint density at radius 3 is 2.38 bits per heavy atom. The number of nitrogens with zero attached hydrogens (tertiary/aromatic N) is 2. The molecule has 3 aromatic carbocycles. The smallest absolute Gasteiger partial charge is 0.268 e. The summed E-state index contributed by atoms with van der Waals surface area (Å²) < 4.78 is 0.951. The van der Waals surface area contributed by atoms with Gasteiger partial charge in [0.1, 0.15) is 0 Å². The number of amidine groups is 1. The van der Waals surface area contributed by atoms with E-state index >= 15 is 0 Å². The highest BCUT2D eigenvalue weighted by atomic mass is 79.9. The number of thioether (sulfide) groups is 1. The molecule has 0 saturated carbocycles. The van der Waals surface area contributed by atoms with Crippen LogP contribution in [0.5, 0.6) is 0 Å². The van der Waals surface area contributed by atoms with Crippen LogP contribution in [0.4, 0.5) is 11.4 Å². The van der Waals surface area contributed by atoms with Crippen LogP contribution in [0.25, 0.3) is 6.08 Å². The minimum atomic E-state index is -0.0669. The number of aliphatic imine (C=N–C) groups is 1. The molecular formula is C24H19BrN2OS. The van der Waals surface area contributed by atoms with Crippen molar-refractivity contribution in [3.05, 3.63) is 98.9 Å². The highest BCUT2D eigenvalue weighted by molar-refractivity contribution is 9.10. The second-order valence-electron chi connectivity index (χ2n) is 6.85. The van der Waals surface area contributed by atoms with Gasteiger partial charge < -0.3 is 0 Å². The van der Waals surface area contributed by atoms with E-state index in [1.165, 1.54) is 11.8 Å². The van der Waals surface area contributed by atoms with E-state index in [1.807, 2.05) is 92.7 Å². The zero-order valence-electron chi connectivity index (χ0n) is 16.1. The van der Waals surface area contributed by atoms with Crippen LogP contribution in [0.15, 0.2) is 87.2 Å². The lowest BCUT2D eigenvalue weighted by Crippen LogP contribution is -2.28. The molecule has 3 aromatic rings. The summed E-state index contributed by atoms with van der Waals surface area (Å²) in [6, 6.07) is 23.8. The molecule has 0 radical (unpaired) electrons. The van der Waals surface area contributed by atoms with Crippen molar-refractivity contribution in [3.63, 3.8) is 0 Å². The highest BCUT2D eigenvalue weighted by Crippen LogP contribution is 2.38. The lowest BCUT2D eigenvalue weighted by Gasteiger charge is -2.16. The van der Waals surface area contributed by atoms with Gasteiger partial charge in [-0.3, -0.25) is 9.69 Å². The molecule has 4 rings (SSSR count). The van der Waals surface area contributed by atoms with E-state index in [0.29, 0.717) is 10.1 Å². The van der Waals surface area contributed by atoms with Gasteiger partial charge in [-0.05, 0) is 78.7 Å². The van der Waals surface area contributed by atoms with E-state index in [0.717, 1.165) is 32.5 Å². The summed E-state index contributed by atoms with van der Waals surface area (Å²) in [4.78, 5) is 20.5. The summed E-state index contributed by atoms with van der Waals surface area (Å²) in [6.07, 6.45) is 1.92. The van der Waals surface area contributed by atoms with Gasteiger partial charge in [-0.1, -0.05) is 58.4 Å². The van der Waals surface area contributed by atoms with Gasteiger partial charge in [0.25, 0.3) is 5.91 Å². The van der Waals surface area contributed by atoms with Crippen LogP contribution >= 0.6 is 27.7 Å². The summed E-state index contributed by atoms with van der Waals surface area (Å²) in [7, 11) is 0. The first-order chi connectivity index (χ1) is 14.0. The fourth-order valence-corrected chi connectivity index (χ4v) is 4.48. The predicted molar refractivity (Wildman–Crippen MR) is 127 cm³/mol. The molecule has 1 heterocycles. The number of amides is 1. The Kier molecular flexibility index (Phi) is 5.69. The molecule has 1 aliphatic heterocycles. The molecule has 29 heavy (non-hydrogen) atoms. The second kappa shape index (κ2) is 8.39. The van der Waals surface area contributed by atoms with Crippen LogP contribution in [0.3, 0.4) is 0 Å². The highest BCUT2D eigenvalue weighted by Gasteiger charge is 2.34. The van der Waals surface area contributed by atoms with E-state index in [2.05, 4.69) is 15.9 Å². The lowest BCUT2D eigenvalue weighted by molar-refractivity contribution is -0.113. The number of carbonyl (C=O) groups is 1. The Balaban J connectivity index is 1.81. The van der Waals surface area contributed by atoms with Crippen molar-refractivity contribution in [3.8, 4) is 0 Å². The maximum Gasteiger partial charge on any atom is 0.271 e. The molecule has 144 valence electrons. The topological polar surface area (TPSA) is 32.7 Å². The van der Waals surface area contributed by atoms with Crippen LogP contribution in [-0.4, -0.2) is 11.1 Å². The first-order valence-electron chi connectivity index (χ1n) is 9.22. The fraction of sp³-hybridized carbons (Fsp3) is 0.0833. The Morgan fingerprint density at radius 2 is 1.66 bits per heavy atom. The van der Waals surface area contributed by atoms with Crippen LogP contribution in [-0.2, 0) is 4.79 Å². The third kappa shape index (κ3) is 4.36. The third-order valence-corrected chi connectivity index (χ3v) is 6.18. The average Bonchev–Trinajstić information content (AvgIpc) is 2.98. The molecule has 0 bridgehead atoms. The normalized spacial score (nSPS) is 16.8. The standard InChI is InChI=1S/C24H19BrN2OS/c1-16-7-5-10-19(13-16)26-24-27(20-11-6-8-17(2)14-20)23(28)22(29-24)15-18-9-3-4-12-21(18)25/h3-15H,1-2H3. The molecule has 0 atom stereocenters. The van der Waals surface area contributed by atoms with Gasteiger partial charge in [-0.25, -0.2) is 4.99 Å². The first kappa shape index (κ1) is 19.7. The van der Waals surface area contributed by atoms with Crippen LogP contribution in [0.1, 0.15) is 16.7 Å². The average molecular weight is 463 g/mol. The van der Waals surface area contributed by atoms with Crippen molar-refractivity contribution in [1.82, 2.24) is 0 Å². The van der Waals surface area contributed by atoms with E-state index in [9.17, 15) is 4.79 Å². The van der Waals surface area contributed by atoms with Crippen molar-refractivity contribution < 1.29 is 4.79 Å². The van der Waals surface area contributed by atoms with Crippen molar-refractivity contribution >= 4 is 56.2 Å². The fourth-order valence-electron chi connectivity index (χ4n) is 3.08. The number of anilines is 1. The van der Waals surface area contributed by atoms with Gasteiger partial charge in [-0.15, -0.1) is 0 Å². The van der Waals surface area contributed by atoms with Crippen LogP contribution < -0.4 is 4.90 Å². The summed E-state index contributed by atoms with van der Waals surface area (Å²) in [6.45, 7) is 4.06. The zero-order chi connectivity index (χ0) is 20.4. The number of hydrogen-bond acceptors (Lipinski definition) is 3. The molecule has 1 saturated heterocycles. The molecule has 1 fully saturated rings. The maximum atomic E-state index is 13.3. The summed E-state index contributed by atoms with van der Waals surface area (Å²) in [5, 5.41) is 0.657. The predicted octanol–water partition coefficient (Wildman–Crippen LogP) is 6.87. The number of aryl methyl sites for hydroxylation is 2. The van der Waals surface area contributed by atoms with Crippen molar-refractivity contribution in [2.45, 2.75) is 13.8 Å². The quantitative estimate of drug-likeness (QED) is 0.397. The van der Waals surface area contributed by atoms with Gasteiger partial charge >= 0.3 is 0 Å². The van der Waals surface area contributed by atoms with Crippen LogP contribution in [0, 0.1) is 13.8 Å². The Hall–Kier alpha value is -2.63. The van der Waals surface area contributed by atoms with Gasteiger partial charge in [0.05, 0.1) is 16.3 Å². The van der Waals surface area contributed by atoms with E-state index in [4.69, 9.17) is 4.99 Å². The van der Waals surface area contributed by atoms with E-state index in [-0.39, 0.29) is 5.91 Å². The number of rotatable bonds is 3. The molecule has 0 unspecified atom stereocenters. The molecule has 3 nitrogen and oxygen atoms in total. The lowest BCUT2D eigenvalue weighted by atomic mass is 10.2. The first-order valence-corrected chi connectivity index (χ1v) is 10.8. The molecule has 0 spiro atoms. The SMILES string of the molecule is Cc1cccc(N=C2SC(=Cc3ccccc3Br)C(=O)N2c2cccc(C)c2)c1. The monoisotopic (exact) mass is 462 g/mol. The zero-order valence-corrected chi connectivity index (χ0v) is 18.5. The molecule has 1 aliphatic rings. The summed E-state index contributed by atoms with van der Waals surface area (Å²) in [5.41, 5.74) is 4.85. The Bertz CT molecular complexity index is 1150. The second-order valence-corrected chi connectivity index (χ2v) is 8.71. The summed E-state index contributed by atoms with van der Waals surface area (Å²) in [5.74, 6) is -0.0669. The van der Waals surface area contributed by atoms with E-state index < -0.39 is 0 Å². The molecule has 0 aliphatic carbocycles. The number of carbonyl (C=O) groups excluding carboxylic acids is 1. The molecular weight excluding hydrogens is 444 g/mol. The van der Waals surface area contributed by atoms with Crippen molar-refractivity contribution in [1.29, 1.82) is 0 Å². The van der Waals surface area contributed by atoms with Gasteiger partial charge in [0.2, 0.25) is 0 Å².